The smallest absolute Gasteiger partial charge is 0.387 e. The molecule has 0 aliphatic carbocycles. The first-order chi connectivity index (χ1) is 14.0. The maximum absolute atomic E-state index is 13.1. The molecule has 3 aromatic rings. The minimum atomic E-state index is -3.01. The van der Waals surface area contributed by atoms with E-state index < -0.39 is 12.2 Å². The lowest BCUT2D eigenvalue weighted by molar-refractivity contribution is -0.0499. The molecule has 5 nitrogen and oxygen atoms in total. The van der Waals surface area contributed by atoms with Gasteiger partial charge in [0.05, 0.1) is 10.2 Å². The number of para-hydroxylation sites is 2. The Labute approximate surface area is 168 Å². The van der Waals surface area contributed by atoms with Crippen LogP contribution in [0.25, 0.3) is 17.3 Å². The van der Waals surface area contributed by atoms with E-state index in [1.54, 1.807) is 37.3 Å². The summed E-state index contributed by atoms with van der Waals surface area (Å²) in [6, 6.07) is 16.7. The van der Waals surface area contributed by atoms with Crippen molar-refractivity contribution in [1.82, 2.24) is 4.57 Å². The van der Waals surface area contributed by atoms with Gasteiger partial charge in [-0.3, -0.25) is 9.36 Å². The maximum Gasteiger partial charge on any atom is 0.387 e. The summed E-state index contributed by atoms with van der Waals surface area (Å²) in [5.74, 6) is -0.0796. The first-order valence-corrected chi connectivity index (χ1v) is 9.16. The van der Waals surface area contributed by atoms with Crippen molar-refractivity contribution in [3.05, 3.63) is 79.2 Å². The van der Waals surface area contributed by atoms with E-state index in [0.29, 0.717) is 5.69 Å². The van der Waals surface area contributed by atoms with Crippen LogP contribution in [0.2, 0.25) is 0 Å². The van der Waals surface area contributed by atoms with Crippen molar-refractivity contribution in [2.24, 2.45) is 0 Å². The fraction of sp³-hybridized carbons (Fsp3) is 0.0952. The zero-order chi connectivity index (χ0) is 21.0. The van der Waals surface area contributed by atoms with Crippen molar-refractivity contribution in [3.63, 3.8) is 0 Å². The molecular formula is C21H13F2N3O2S. The Morgan fingerprint density at radius 2 is 1.79 bits per heavy atom. The first-order valence-electron chi connectivity index (χ1n) is 8.34. The van der Waals surface area contributed by atoms with Gasteiger partial charge in [-0.1, -0.05) is 36.4 Å². The number of aromatic nitrogens is 1. The van der Waals surface area contributed by atoms with Gasteiger partial charge in [0, 0.05) is 5.56 Å². The predicted octanol–water partition coefficient (Wildman–Crippen LogP) is 2.84. The highest BCUT2D eigenvalue weighted by Gasteiger charge is 2.14. The molecule has 0 spiro atoms. The van der Waals surface area contributed by atoms with Gasteiger partial charge in [0.25, 0.3) is 5.56 Å². The molecule has 0 N–H and O–H groups in total. The molecule has 0 atom stereocenters. The van der Waals surface area contributed by atoms with Crippen LogP contribution in [0.5, 0.6) is 5.75 Å². The van der Waals surface area contributed by atoms with E-state index in [4.69, 9.17) is 0 Å². The SMILES string of the molecule is Cc1ccccc1-n1c(=C(C#N)C#N)s/c(=C/c2ccccc2OC(F)F)c1=O. The molecule has 144 valence electrons. The molecule has 1 heterocycles. The number of hydrogen-bond donors (Lipinski definition) is 0. The number of halogens is 2. The molecule has 0 amide bonds. The molecule has 0 radical (unpaired) electrons. The zero-order valence-electron chi connectivity index (χ0n) is 15.1. The van der Waals surface area contributed by atoms with Crippen molar-refractivity contribution in [2.45, 2.75) is 13.5 Å². The number of hydrogen-bond acceptors (Lipinski definition) is 5. The molecule has 8 heteroatoms. The van der Waals surface area contributed by atoms with Crippen LogP contribution in [-0.4, -0.2) is 11.2 Å². The highest BCUT2D eigenvalue weighted by Crippen LogP contribution is 2.20. The Morgan fingerprint density at radius 1 is 1.14 bits per heavy atom. The summed E-state index contributed by atoms with van der Waals surface area (Å²) in [6.45, 7) is -1.21. The standard InChI is InChI=1S/C21H13F2N3O2S/c1-13-6-2-4-8-16(13)26-19(27)18(29-20(26)15(11-24)12-25)10-14-7-3-5-9-17(14)28-21(22)23/h2-10,21H,1H3/b18-10+. The second-order valence-electron chi connectivity index (χ2n) is 5.86. The Kier molecular flexibility index (Phi) is 5.87. The number of nitriles is 2. The van der Waals surface area contributed by atoms with Gasteiger partial charge in [-0.15, -0.1) is 11.3 Å². The van der Waals surface area contributed by atoms with E-state index in [1.807, 2.05) is 12.1 Å². The van der Waals surface area contributed by atoms with Gasteiger partial charge in [-0.05, 0) is 30.7 Å². The Morgan fingerprint density at radius 3 is 2.45 bits per heavy atom. The summed E-state index contributed by atoms with van der Waals surface area (Å²) in [6.07, 6.45) is 1.41. The van der Waals surface area contributed by atoms with Crippen molar-refractivity contribution in [3.8, 4) is 23.6 Å². The molecule has 0 saturated carbocycles. The molecular weight excluding hydrogens is 396 g/mol. The molecule has 0 saturated heterocycles. The number of benzene rings is 2. The summed E-state index contributed by atoms with van der Waals surface area (Å²) in [4.78, 5) is 13.1. The minimum absolute atomic E-state index is 0.0796. The van der Waals surface area contributed by atoms with Crippen molar-refractivity contribution < 1.29 is 13.5 Å². The molecule has 29 heavy (non-hydrogen) atoms. The number of thiazole rings is 1. The molecule has 0 fully saturated rings. The topological polar surface area (TPSA) is 78.8 Å². The quantitative estimate of drug-likeness (QED) is 0.664. The van der Waals surface area contributed by atoms with Gasteiger partial charge in [0.2, 0.25) is 0 Å². The van der Waals surface area contributed by atoms with E-state index in [2.05, 4.69) is 4.74 Å². The number of ether oxygens (including phenoxy) is 1. The Bertz CT molecular complexity index is 1310. The molecule has 0 bridgehead atoms. The van der Waals surface area contributed by atoms with Crippen LogP contribution >= 0.6 is 11.3 Å². The van der Waals surface area contributed by atoms with Crippen molar-refractivity contribution in [2.75, 3.05) is 0 Å². The summed E-state index contributed by atoms with van der Waals surface area (Å²) < 4.78 is 31.5. The molecule has 0 unspecified atom stereocenters. The van der Waals surface area contributed by atoms with E-state index in [-0.39, 0.29) is 26.1 Å². The molecule has 0 aliphatic rings. The predicted molar refractivity (Wildman–Crippen MR) is 105 cm³/mol. The van der Waals surface area contributed by atoms with Crippen LogP contribution in [0, 0.1) is 29.6 Å². The molecule has 2 aromatic carbocycles. The normalized spacial score (nSPS) is 11.2. The highest BCUT2D eigenvalue weighted by atomic mass is 32.1. The largest absolute Gasteiger partial charge is 0.434 e. The summed E-state index contributed by atoms with van der Waals surface area (Å²) in [7, 11) is 0. The monoisotopic (exact) mass is 409 g/mol. The third-order valence-corrected chi connectivity index (χ3v) is 5.13. The van der Waals surface area contributed by atoms with Gasteiger partial charge >= 0.3 is 6.61 Å². The van der Waals surface area contributed by atoms with Gasteiger partial charge < -0.3 is 4.74 Å². The van der Waals surface area contributed by atoms with Gasteiger partial charge in [-0.2, -0.15) is 19.3 Å². The first kappa shape index (κ1) is 20.0. The molecule has 0 aliphatic heterocycles. The maximum atomic E-state index is 13.1. The van der Waals surface area contributed by atoms with E-state index in [1.165, 1.54) is 28.8 Å². The lowest BCUT2D eigenvalue weighted by Gasteiger charge is -2.07. The van der Waals surface area contributed by atoms with Gasteiger partial charge in [0.1, 0.15) is 22.6 Å². The number of rotatable bonds is 4. The van der Waals surface area contributed by atoms with Crippen LogP contribution in [0.1, 0.15) is 11.1 Å². The Hall–Kier alpha value is -3.75. The summed E-state index contributed by atoms with van der Waals surface area (Å²) >= 11 is 0.939. The van der Waals surface area contributed by atoms with E-state index in [0.717, 1.165) is 16.9 Å². The number of alkyl halides is 2. The number of aryl methyl sites for hydroxylation is 1. The third-order valence-electron chi connectivity index (χ3n) is 4.04. The van der Waals surface area contributed by atoms with E-state index >= 15 is 0 Å². The third kappa shape index (κ3) is 4.08. The average Bonchev–Trinajstić information content (AvgIpc) is 3.00. The fourth-order valence-corrected chi connectivity index (χ4v) is 3.79. The average molecular weight is 409 g/mol. The van der Waals surface area contributed by atoms with E-state index in [9.17, 15) is 24.1 Å². The van der Waals surface area contributed by atoms with Crippen molar-refractivity contribution in [1.29, 1.82) is 10.5 Å². The van der Waals surface area contributed by atoms with Crippen LogP contribution in [0.3, 0.4) is 0 Å². The second kappa shape index (κ2) is 8.51. The highest BCUT2D eigenvalue weighted by molar-refractivity contribution is 7.07. The van der Waals surface area contributed by atoms with Crippen LogP contribution < -0.4 is 19.5 Å². The lowest BCUT2D eigenvalue weighted by atomic mass is 10.2. The zero-order valence-corrected chi connectivity index (χ0v) is 15.9. The Balaban J connectivity index is 2.38. The lowest BCUT2D eigenvalue weighted by Crippen LogP contribution is -2.31. The summed E-state index contributed by atoms with van der Waals surface area (Å²) in [5, 5.41) is 18.6. The van der Waals surface area contributed by atoms with Crippen molar-refractivity contribution >= 4 is 23.0 Å². The summed E-state index contributed by atoms with van der Waals surface area (Å²) in [5.41, 5.74) is 0.909. The second-order valence-corrected chi connectivity index (χ2v) is 6.89. The minimum Gasteiger partial charge on any atom is -0.434 e. The van der Waals surface area contributed by atoms with Gasteiger partial charge in [0.15, 0.2) is 5.57 Å². The van der Waals surface area contributed by atoms with Crippen LogP contribution in [0.15, 0.2) is 53.3 Å². The van der Waals surface area contributed by atoms with Crippen LogP contribution in [-0.2, 0) is 0 Å². The molecule has 1 aromatic heterocycles. The van der Waals surface area contributed by atoms with Gasteiger partial charge in [-0.25, -0.2) is 0 Å². The number of nitrogens with zero attached hydrogens (tertiary/aromatic N) is 3. The molecule has 3 rings (SSSR count). The van der Waals surface area contributed by atoms with Crippen LogP contribution in [0.4, 0.5) is 8.78 Å². The fourth-order valence-electron chi connectivity index (χ4n) is 2.75.